The number of benzene rings is 3. The Bertz CT molecular complexity index is 1450. The maximum Gasteiger partial charge on any atom is 0.408 e. The molecule has 1 aliphatic rings. The first kappa shape index (κ1) is 32.0. The molecule has 11 nitrogen and oxygen atoms in total. The van der Waals surface area contributed by atoms with E-state index in [4.69, 9.17) is 25.9 Å². The Morgan fingerprint density at radius 2 is 1.52 bits per heavy atom. The number of esters is 1. The van der Waals surface area contributed by atoms with Gasteiger partial charge in [-0.05, 0) is 42.3 Å². The van der Waals surface area contributed by atoms with Crippen LogP contribution in [0.15, 0.2) is 90.1 Å². The third-order valence-corrected chi connectivity index (χ3v) is 6.82. The van der Waals surface area contributed by atoms with Gasteiger partial charge in [0.25, 0.3) is 0 Å². The van der Waals surface area contributed by atoms with Gasteiger partial charge in [-0.25, -0.2) is 9.59 Å². The number of carbonyl (C=O) groups is 4. The zero-order valence-electron chi connectivity index (χ0n) is 24.0. The van der Waals surface area contributed by atoms with E-state index in [1.54, 1.807) is 19.1 Å². The van der Waals surface area contributed by atoms with Gasteiger partial charge in [-0.1, -0.05) is 77.4 Å². The Morgan fingerprint density at radius 1 is 0.864 bits per heavy atom. The van der Waals surface area contributed by atoms with E-state index in [2.05, 4.69) is 21.1 Å². The van der Waals surface area contributed by atoms with E-state index in [1.165, 1.54) is 12.1 Å². The van der Waals surface area contributed by atoms with Crippen molar-refractivity contribution in [1.29, 1.82) is 0 Å². The van der Waals surface area contributed by atoms with Crippen LogP contribution in [0.5, 0.6) is 0 Å². The molecule has 0 fully saturated rings. The molecule has 3 N–H and O–H groups in total. The van der Waals surface area contributed by atoms with Crippen molar-refractivity contribution in [3.05, 3.63) is 102 Å². The highest BCUT2D eigenvalue weighted by atomic mass is 35.5. The summed E-state index contributed by atoms with van der Waals surface area (Å²) in [5.41, 5.74) is 2.30. The number of hydrogen-bond donors (Lipinski definition) is 3. The summed E-state index contributed by atoms with van der Waals surface area (Å²) in [6.07, 6.45) is -0.874. The lowest BCUT2D eigenvalue weighted by Gasteiger charge is -2.24. The van der Waals surface area contributed by atoms with E-state index in [0.717, 1.165) is 11.1 Å². The average Bonchev–Trinajstić information content (AvgIpc) is 3.45. The predicted octanol–water partition coefficient (Wildman–Crippen LogP) is 4.56. The fourth-order valence-corrected chi connectivity index (χ4v) is 4.60. The van der Waals surface area contributed by atoms with Crippen LogP contribution in [-0.2, 0) is 36.9 Å². The number of amides is 3. The minimum absolute atomic E-state index is 0.0200. The molecule has 0 bridgehead atoms. The zero-order valence-corrected chi connectivity index (χ0v) is 24.8. The molecule has 1 aliphatic heterocycles. The molecular formula is C32H33ClN4O7. The molecule has 3 atom stereocenters. The molecule has 0 aliphatic carbocycles. The second-order valence-corrected chi connectivity index (χ2v) is 10.4. The summed E-state index contributed by atoms with van der Waals surface area (Å²) in [4.78, 5) is 57.1. The molecule has 3 aromatic rings. The summed E-state index contributed by atoms with van der Waals surface area (Å²) < 4.78 is 10.3. The van der Waals surface area contributed by atoms with Crippen molar-refractivity contribution in [1.82, 2.24) is 10.6 Å². The molecule has 0 radical (unpaired) electrons. The lowest BCUT2D eigenvalue weighted by atomic mass is 10.0. The van der Waals surface area contributed by atoms with Gasteiger partial charge in [-0.2, -0.15) is 0 Å². The third-order valence-electron chi connectivity index (χ3n) is 6.60. The summed E-state index contributed by atoms with van der Waals surface area (Å²) in [6.45, 7) is 1.97. The van der Waals surface area contributed by atoms with Crippen molar-refractivity contribution >= 4 is 46.3 Å². The predicted molar refractivity (Wildman–Crippen MR) is 164 cm³/mol. The zero-order chi connectivity index (χ0) is 31.3. The number of oxime groups is 1. The molecular weight excluding hydrogens is 588 g/mol. The van der Waals surface area contributed by atoms with E-state index in [0.29, 0.717) is 11.3 Å². The van der Waals surface area contributed by atoms with Crippen molar-refractivity contribution < 1.29 is 33.5 Å². The number of hydrogen-bond acceptors (Lipinski definition) is 8. The number of rotatable bonds is 13. The van der Waals surface area contributed by atoms with Crippen molar-refractivity contribution in [2.45, 2.75) is 51.0 Å². The number of alkyl carbamates (subject to hydrolysis) is 1. The van der Waals surface area contributed by atoms with Gasteiger partial charge in [0, 0.05) is 24.9 Å². The fourth-order valence-electron chi connectivity index (χ4n) is 4.39. The maximum absolute atomic E-state index is 13.6. The quantitative estimate of drug-likeness (QED) is 0.238. The number of halogens is 1. The summed E-state index contributed by atoms with van der Waals surface area (Å²) in [6, 6.07) is 22.3. The molecule has 0 aromatic heterocycles. The van der Waals surface area contributed by atoms with Gasteiger partial charge in [0.2, 0.25) is 11.8 Å². The molecule has 3 amide bonds. The summed E-state index contributed by atoms with van der Waals surface area (Å²) in [5.74, 6) is -1.63. The molecule has 1 unspecified atom stereocenters. The fraction of sp³-hybridized carbons (Fsp3) is 0.281. The number of carbonyl (C=O) groups excluding carboxylic acids is 4. The van der Waals surface area contributed by atoms with Crippen LogP contribution < -0.4 is 16.0 Å². The van der Waals surface area contributed by atoms with E-state index in [9.17, 15) is 19.2 Å². The van der Waals surface area contributed by atoms with Crippen LogP contribution in [0.25, 0.3) is 0 Å². The summed E-state index contributed by atoms with van der Waals surface area (Å²) in [5, 5.41) is 12.1. The van der Waals surface area contributed by atoms with E-state index >= 15 is 0 Å². The van der Waals surface area contributed by atoms with Crippen molar-refractivity contribution in [2.75, 3.05) is 11.9 Å². The Kier molecular flexibility index (Phi) is 11.7. The first-order valence-corrected chi connectivity index (χ1v) is 14.5. The first-order valence-electron chi connectivity index (χ1n) is 14.1. The molecule has 4 rings (SSSR count). The van der Waals surface area contributed by atoms with Crippen molar-refractivity contribution in [3.63, 3.8) is 0 Å². The van der Waals surface area contributed by atoms with E-state index < -0.39 is 42.1 Å². The van der Waals surface area contributed by atoms with Crippen molar-refractivity contribution in [3.8, 4) is 0 Å². The van der Waals surface area contributed by atoms with Crippen LogP contribution in [0.2, 0.25) is 0 Å². The molecule has 3 aromatic carbocycles. The molecule has 12 heteroatoms. The van der Waals surface area contributed by atoms with Gasteiger partial charge in [0.05, 0.1) is 12.2 Å². The normalized spacial score (nSPS) is 15.1. The lowest BCUT2D eigenvalue weighted by molar-refractivity contribution is -0.128. The van der Waals surface area contributed by atoms with Gasteiger partial charge in [0.1, 0.15) is 30.0 Å². The Hall–Kier alpha value is -4.90. The minimum atomic E-state index is -1.09. The Morgan fingerprint density at radius 3 is 2.14 bits per heavy atom. The molecule has 0 saturated heterocycles. The van der Waals surface area contributed by atoms with Gasteiger partial charge in [-0.3, -0.25) is 9.59 Å². The molecule has 230 valence electrons. The molecule has 1 heterocycles. The first-order chi connectivity index (χ1) is 21.3. The van der Waals surface area contributed by atoms with Crippen LogP contribution in [-0.4, -0.2) is 53.8 Å². The monoisotopic (exact) mass is 620 g/mol. The second-order valence-electron chi connectivity index (χ2n) is 9.93. The van der Waals surface area contributed by atoms with E-state index in [1.807, 2.05) is 60.7 Å². The Labute approximate surface area is 259 Å². The highest BCUT2D eigenvalue weighted by Crippen LogP contribution is 2.19. The van der Waals surface area contributed by atoms with Crippen LogP contribution in [0.4, 0.5) is 10.5 Å². The van der Waals surface area contributed by atoms with Crippen molar-refractivity contribution in [2.24, 2.45) is 5.16 Å². The number of nitrogens with zero attached hydrogens (tertiary/aromatic N) is 1. The van der Waals surface area contributed by atoms with Crippen LogP contribution in [0.3, 0.4) is 0 Å². The lowest BCUT2D eigenvalue weighted by Crippen LogP contribution is -2.54. The highest BCUT2D eigenvalue weighted by Gasteiger charge is 2.32. The Balaban J connectivity index is 1.47. The largest absolute Gasteiger partial charge is 0.462 e. The average molecular weight is 621 g/mol. The molecule has 44 heavy (non-hydrogen) atoms. The molecule has 0 saturated carbocycles. The SMILES string of the molecule is CCOC(=O)c1ccc(NC(=O)[C@H](CC2CC(Cl)=NO2)NC(=O)[C@H](Cc2ccccc2)NC(=O)OCc2ccccc2)cc1. The number of ether oxygens (including phenoxy) is 2. The number of nitrogens with one attached hydrogen (secondary N) is 3. The number of anilines is 1. The maximum atomic E-state index is 13.6. The second kappa shape index (κ2) is 16.1. The third kappa shape index (κ3) is 9.84. The van der Waals surface area contributed by atoms with Crippen LogP contribution in [0, 0.1) is 0 Å². The highest BCUT2D eigenvalue weighted by molar-refractivity contribution is 6.65. The topological polar surface area (TPSA) is 144 Å². The molecule has 0 spiro atoms. The summed E-state index contributed by atoms with van der Waals surface area (Å²) >= 11 is 5.98. The van der Waals surface area contributed by atoms with Gasteiger partial charge in [0.15, 0.2) is 0 Å². The van der Waals surface area contributed by atoms with Gasteiger partial charge in [-0.15, -0.1) is 0 Å². The van der Waals surface area contributed by atoms with Crippen LogP contribution in [0.1, 0.15) is 41.3 Å². The minimum Gasteiger partial charge on any atom is -0.462 e. The van der Waals surface area contributed by atoms with Gasteiger partial charge >= 0.3 is 12.1 Å². The summed E-state index contributed by atoms with van der Waals surface area (Å²) in [7, 11) is 0. The van der Waals surface area contributed by atoms with Crippen LogP contribution >= 0.6 is 11.6 Å². The smallest absolute Gasteiger partial charge is 0.408 e. The van der Waals surface area contributed by atoms with Gasteiger partial charge < -0.3 is 30.3 Å². The standard InChI is InChI=1S/C32H33ClN4O7/c1-2-42-31(40)23-13-15-24(16-14-23)34-29(38)27(18-25-19-28(33)37-44-25)35-30(39)26(17-21-9-5-3-6-10-21)36-32(41)43-20-22-11-7-4-8-12-22/h3-16,25-27H,2,17-20H2,1H3,(H,34,38)(H,35,39)(H,36,41)/t25?,26-,27-/m0/s1. The van der Waals surface area contributed by atoms with E-state index in [-0.39, 0.29) is 37.6 Å².